The van der Waals surface area contributed by atoms with Crippen molar-refractivity contribution in [1.29, 1.82) is 0 Å². The Labute approximate surface area is 93.8 Å². The van der Waals surface area contributed by atoms with E-state index < -0.39 is 4.92 Å². The topological polar surface area (TPSA) is 77.3 Å². The largest absolute Gasteiger partial charge is 0.481 e. The summed E-state index contributed by atoms with van der Waals surface area (Å²) in [5.74, 6) is 0.393. The maximum atomic E-state index is 10.8. The summed E-state index contributed by atoms with van der Waals surface area (Å²) in [6, 6.07) is 3.04. The van der Waals surface area contributed by atoms with Gasteiger partial charge < -0.3 is 10.1 Å². The number of hydrogen-bond donors (Lipinski definition) is 1. The van der Waals surface area contributed by atoms with Crippen molar-refractivity contribution in [2.24, 2.45) is 0 Å². The summed E-state index contributed by atoms with van der Waals surface area (Å²) >= 11 is 0. The molecule has 0 radical (unpaired) electrons. The number of pyridine rings is 1. The predicted octanol–water partition coefficient (Wildman–Crippen LogP) is 1.15. The SMILES string of the molecule is CNC(C)Cc1nc(OC)ccc1[N+](=O)[O-]. The van der Waals surface area contributed by atoms with Crippen molar-refractivity contribution in [3.8, 4) is 5.88 Å². The van der Waals surface area contributed by atoms with Gasteiger partial charge in [0.15, 0.2) is 0 Å². The van der Waals surface area contributed by atoms with E-state index in [0.717, 1.165) is 0 Å². The van der Waals surface area contributed by atoms with E-state index in [1.165, 1.54) is 19.2 Å². The van der Waals surface area contributed by atoms with Crippen LogP contribution in [0.25, 0.3) is 0 Å². The lowest BCUT2D eigenvalue weighted by Crippen LogP contribution is -2.24. The van der Waals surface area contributed by atoms with Gasteiger partial charge in [0.25, 0.3) is 5.69 Å². The first-order chi connectivity index (χ1) is 7.58. The molecule has 1 aromatic heterocycles. The summed E-state index contributed by atoms with van der Waals surface area (Å²) in [6.07, 6.45) is 0.490. The van der Waals surface area contributed by atoms with Gasteiger partial charge in [0.05, 0.1) is 12.0 Å². The molecule has 1 N–H and O–H groups in total. The molecular weight excluding hydrogens is 210 g/mol. The molecule has 1 aromatic rings. The summed E-state index contributed by atoms with van der Waals surface area (Å²) in [5.41, 5.74) is 0.467. The highest BCUT2D eigenvalue weighted by Crippen LogP contribution is 2.21. The van der Waals surface area contributed by atoms with Crippen LogP contribution in [0, 0.1) is 10.1 Å². The fraction of sp³-hybridized carbons (Fsp3) is 0.500. The van der Waals surface area contributed by atoms with Crippen molar-refractivity contribution >= 4 is 5.69 Å². The Morgan fingerprint density at radius 2 is 2.31 bits per heavy atom. The van der Waals surface area contributed by atoms with E-state index in [0.29, 0.717) is 18.0 Å². The molecule has 0 aromatic carbocycles. The highest BCUT2D eigenvalue weighted by Gasteiger charge is 2.17. The van der Waals surface area contributed by atoms with E-state index in [9.17, 15) is 10.1 Å². The molecule has 1 rings (SSSR count). The van der Waals surface area contributed by atoms with Crippen LogP contribution in [0.4, 0.5) is 5.69 Å². The van der Waals surface area contributed by atoms with E-state index in [1.54, 1.807) is 7.05 Å². The Hall–Kier alpha value is -1.69. The summed E-state index contributed by atoms with van der Waals surface area (Å²) in [6.45, 7) is 1.94. The molecule has 0 spiro atoms. The maximum Gasteiger partial charge on any atom is 0.291 e. The molecule has 6 heteroatoms. The van der Waals surface area contributed by atoms with Crippen LogP contribution in [0.3, 0.4) is 0 Å². The van der Waals surface area contributed by atoms with E-state index in [1.807, 2.05) is 6.92 Å². The van der Waals surface area contributed by atoms with Gasteiger partial charge in [-0.15, -0.1) is 0 Å². The van der Waals surface area contributed by atoms with Crippen LogP contribution in [0.15, 0.2) is 12.1 Å². The van der Waals surface area contributed by atoms with Gasteiger partial charge in [0, 0.05) is 24.6 Å². The Balaban J connectivity index is 3.05. The number of nitrogens with one attached hydrogen (secondary N) is 1. The molecule has 1 atom stereocenters. The number of aromatic nitrogens is 1. The van der Waals surface area contributed by atoms with Gasteiger partial charge >= 0.3 is 0 Å². The van der Waals surface area contributed by atoms with Crippen molar-refractivity contribution in [1.82, 2.24) is 10.3 Å². The van der Waals surface area contributed by atoms with Crippen molar-refractivity contribution in [3.63, 3.8) is 0 Å². The lowest BCUT2D eigenvalue weighted by molar-refractivity contribution is -0.386. The Morgan fingerprint density at radius 3 is 2.81 bits per heavy atom. The number of nitro groups is 1. The Kier molecular flexibility index (Phi) is 4.19. The lowest BCUT2D eigenvalue weighted by Gasteiger charge is -2.10. The predicted molar refractivity (Wildman–Crippen MR) is 59.7 cm³/mol. The van der Waals surface area contributed by atoms with Gasteiger partial charge in [-0.25, -0.2) is 4.98 Å². The van der Waals surface area contributed by atoms with Crippen molar-refractivity contribution < 1.29 is 9.66 Å². The zero-order chi connectivity index (χ0) is 12.1. The van der Waals surface area contributed by atoms with Gasteiger partial charge in [-0.3, -0.25) is 10.1 Å². The smallest absolute Gasteiger partial charge is 0.291 e. The molecule has 0 aliphatic heterocycles. The number of nitrogens with zero attached hydrogens (tertiary/aromatic N) is 2. The second-order valence-corrected chi connectivity index (χ2v) is 3.47. The minimum absolute atomic E-state index is 0.0305. The first kappa shape index (κ1) is 12.4. The van der Waals surface area contributed by atoms with Crippen molar-refractivity contribution in [2.45, 2.75) is 19.4 Å². The van der Waals surface area contributed by atoms with Gasteiger partial charge in [-0.1, -0.05) is 0 Å². The molecule has 0 saturated heterocycles. The molecule has 1 unspecified atom stereocenters. The van der Waals surface area contributed by atoms with Crippen LogP contribution in [0.5, 0.6) is 5.88 Å². The molecule has 16 heavy (non-hydrogen) atoms. The minimum Gasteiger partial charge on any atom is -0.481 e. The molecule has 0 amide bonds. The fourth-order valence-electron chi connectivity index (χ4n) is 1.30. The van der Waals surface area contributed by atoms with Crippen molar-refractivity contribution in [3.05, 3.63) is 27.9 Å². The van der Waals surface area contributed by atoms with Crippen molar-refractivity contribution in [2.75, 3.05) is 14.2 Å². The van der Waals surface area contributed by atoms with E-state index in [-0.39, 0.29) is 11.7 Å². The molecule has 1 heterocycles. The van der Waals surface area contributed by atoms with Crippen LogP contribution in [0.2, 0.25) is 0 Å². The highest BCUT2D eigenvalue weighted by molar-refractivity contribution is 5.38. The molecular formula is C10H15N3O3. The van der Waals surface area contributed by atoms with Gasteiger partial charge in [0.2, 0.25) is 5.88 Å². The van der Waals surface area contributed by atoms with Crippen LogP contribution >= 0.6 is 0 Å². The molecule has 6 nitrogen and oxygen atoms in total. The highest BCUT2D eigenvalue weighted by atomic mass is 16.6. The van der Waals surface area contributed by atoms with E-state index in [2.05, 4.69) is 10.3 Å². The molecule has 0 bridgehead atoms. The summed E-state index contributed by atoms with van der Waals surface area (Å²) in [5, 5.41) is 13.8. The zero-order valence-corrected chi connectivity index (χ0v) is 9.56. The van der Waals surface area contributed by atoms with Crippen LogP contribution < -0.4 is 10.1 Å². The third-order valence-electron chi connectivity index (χ3n) is 2.32. The van der Waals surface area contributed by atoms with E-state index in [4.69, 9.17) is 4.74 Å². The molecule has 0 aliphatic carbocycles. The number of rotatable bonds is 5. The fourth-order valence-corrected chi connectivity index (χ4v) is 1.30. The number of likely N-dealkylation sites (N-methyl/N-ethyl adjacent to an activating group) is 1. The third-order valence-corrected chi connectivity index (χ3v) is 2.32. The zero-order valence-electron chi connectivity index (χ0n) is 9.56. The first-order valence-electron chi connectivity index (χ1n) is 4.94. The van der Waals surface area contributed by atoms with E-state index >= 15 is 0 Å². The first-order valence-corrected chi connectivity index (χ1v) is 4.94. The summed E-state index contributed by atoms with van der Waals surface area (Å²) < 4.78 is 4.95. The lowest BCUT2D eigenvalue weighted by atomic mass is 10.1. The standard InChI is InChI=1S/C10H15N3O3/c1-7(11-2)6-8-9(13(14)15)4-5-10(12-8)16-3/h4-5,7,11H,6H2,1-3H3. The average molecular weight is 225 g/mol. The monoisotopic (exact) mass is 225 g/mol. The number of hydrogen-bond acceptors (Lipinski definition) is 5. The molecule has 0 fully saturated rings. The molecule has 0 aliphatic rings. The maximum absolute atomic E-state index is 10.8. The average Bonchev–Trinajstić information content (AvgIpc) is 2.28. The number of ether oxygens (including phenoxy) is 1. The third kappa shape index (κ3) is 2.90. The molecule has 88 valence electrons. The second-order valence-electron chi connectivity index (χ2n) is 3.47. The normalized spacial score (nSPS) is 12.2. The van der Waals surface area contributed by atoms with Crippen LogP contribution in [-0.2, 0) is 6.42 Å². The Bertz CT molecular complexity index is 382. The quantitative estimate of drug-likeness (QED) is 0.600. The van der Waals surface area contributed by atoms with Crippen LogP contribution in [0.1, 0.15) is 12.6 Å². The van der Waals surface area contributed by atoms with Crippen LogP contribution in [-0.4, -0.2) is 30.1 Å². The van der Waals surface area contributed by atoms with Gasteiger partial charge in [0.1, 0.15) is 5.69 Å². The second kappa shape index (κ2) is 5.41. The number of methoxy groups -OCH3 is 1. The minimum atomic E-state index is -0.426. The van der Waals surface area contributed by atoms with Gasteiger partial charge in [-0.05, 0) is 14.0 Å². The Morgan fingerprint density at radius 1 is 1.62 bits per heavy atom. The summed E-state index contributed by atoms with van der Waals surface area (Å²) in [7, 11) is 3.29. The van der Waals surface area contributed by atoms with Gasteiger partial charge in [-0.2, -0.15) is 0 Å². The summed E-state index contributed by atoms with van der Waals surface area (Å²) in [4.78, 5) is 14.5. The molecule has 0 saturated carbocycles.